The number of rotatable bonds is 4. The number of aromatic nitrogens is 2. The first kappa shape index (κ1) is 13.4. The van der Waals surface area contributed by atoms with Crippen LogP contribution in [0.25, 0.3) is 0 Å². The Hall–Kier alpha value is -1.03. The van der Waals surface area contributed by atoms with E-state index in [-0.39, 0.29) is 5.54 Å². The maximum atomic E-state index is 4.39. The molecular weight excluding hydrogens is 224 g/mol. The minimum atomic E-state index is 0.269. The van der Waals surface area contributed by atoms with Crippen molar-refractivity contribution in [2.75, 3.05) is 24.5 Å². The third-order valence-corrected chi connectivity index (χ3v) is 4.26. The molecule has 0 bridgehead atoms. The predicted molar refractivity (Wildman–Crippen MR) is 76.0 cm³/mol. The van der Waals surface area contributed by atoms with Gasteiger partial charge in [0.25, 0.3) is 0 Å². The van der Waals surface area contributed by atoms with Crippen LogP contribution in [0.4, 0.5) is 5.69 Å². The van der Waals surface area contributed by atoms with E-state index in [1.807, 2.05) is 10.9 Å². The zero-order valence-electron chi connectivity index (χ0n) is 11.9. The highest BCUT2D eigenvalue weighted by molar-refractivity contribution is 5.43. The van der Waals surface area contributed by atoms with Crippen LogP contribution < -0.4 is 10.2 Å². The minimum absolute atomic E-state index is 0.269. The van der Waals surface area contributed by atoms with Crippen molar-refractivity contribution in [2.45, 2.75) is 52.1 Å². The van der Waals surface area contributed by atoms with Crippen LogP contribution in [0.1, 0.15) is 40.0 Å². The second-order valence-electron chi connectivity index (χ2n) is 5.24. The molecular formula is C14H26N4. The summed E-state index contributed by atoms with van der Waals surface area (Å²) >= 11 is 0. The molecule has 1 fully saturated rings. The molecule has 0 atom stereocenters. The van der Waals surface area contributed by atoms with E-state index in [9.17, 15) is 0 Å². The van der Waals surface area contributed by atoms with Crippen LogP contribution in [-0.2, 0) is 6.54 Å². The van der Waals surface area contributed by atoms with Gasteiger partial charge in [-0.05, 0) is 32.7 Å². The largest absolute Gasteiger partial charge is 0.367 e. The van der Waals surface area contributed by atoms with Crippen LogP contribution in [-0.4, -0.2) is 35.0 Å². The summed E-state index contributed by atoms with van der Waals surface area (Å²) in [5.41, 5.74) is 1.54. The molecule has 0 radical (unpaired) electrons. The van der Waals surface area contributed by atoms with Gasteiger partial charge in [0.05, 0.1) is 11.9 Å². The average molecular weight is 250 g/mol. The molecule has 1 N–H and O–H groups in total. The summed E-state index contributed by atoms with van der Waals surface area (Å²) in [6.07, 6.45) is 7.75. The molecule has 0 unspecified atom stereocenters. The monoisotopic (exact) mass is 250 g/mol. The summed E-state index contributed by atoms with van der Waals surface area (Å²) in [6.45, 7) is 11.0. The Bertz CT molecular complexity index is 368. The van der Waals surface area contributed by atoms with Gasteiger partial charge in [0.1, 0.15) is 0 Å². The van der Waals surface area contributed by atoms with Crippen molar-refractivity contribution in [3.8, 4) is 0 Å². The maximum Gasteiger partial charge on any atom is 0.0753 e. The molecule has 4 nitrogen and oxygen atoms in total. The molecule has 2 rings (SSSR count). The topological polar surface area (TPSA) is 33.1 Å². The number of nitrogens with zero attached hydrogens (tertiary/aromatic N) is 3. The number of hydrogen-bond donors (Lipinski definition) is 1. The Morgan fingerprint density at radius 1 is 1.33 bits per heavy atom. The van der Waals surface area contributed by atoms with E-state index >= 15 is 0 Å². The van der Waals surface area contributed by atoms with E-state index in [2.05, 4.69) is 42.3 Å². The SMILES string of the molecule is CCn1cc(N2CCCNC(CC)(CC)C2)cn1. The van der Waals surface area contributed by atoms with E-state index in [4.69, 9.17) is 0 Å². The standard InChI is InChI=1S/C14H26N4/c1-4-14(5-2)12-17(9-7-8-15-14)13-10-16-18(6-3)11-13/h10-11,15H,4-9,12H2,1-3H3. The Labute approximate surface area is 110 Å². The van der Waals surface area contributed by atoms with Crippen molar-refractivity contribution in [1.82, 2.24) is 15.1 Å². The van der Waals surface area contributed by atoms with Gasteiger partial charge in [-0.1, -0.05) is 13.8 Å². The van der Waals surface area contributed by atoms with Crippen LogP contribution in [0.5, 0.6) is 0 Å². The molecule has 1 aromatic rings. The van der Waals surface area contributed by atoms with E-state index in [0.717, 1.165) is 26.2 Å². The Balaban J connectivity index is 2.16. The summed E-state index contributed by atoms with van der Waals surface area (Å²) < 4.78 is 2.01. The van der Waals surface area contributed by atoms with E-state index in [1.165, 1.54) is 24.9 Å². The third-order valence-electron chi connectivity index (χ3n) is 4.26. The normalized spacial score (nSPS) is 19.8. The second-order valence-corrected chi connectivity index (χ2v) is 5.24. The third kappa shape index (κ3) is 2.69. The molecule has 0 aromatic carbocycles. The van der Waals surface area contributed by atoms with E-state index in [0.29, 0.717) is 0 Å². The van der Waals surface area contributed by atoms with Gasteiger partial charge in [-0.2, -0.15) is 5.10 Å². The highest BCUT2D eigenvalue weighted by Gasteiger charge is 2.30. The van der Waals surface area contributed by atoms with Crippen LogP contribution >= 0.6 is 0 Å². The first-order chi connectivity index (χ1) is 8.73. The van der Waals surface area contributed by atoms with E-state index < -0.39 is 0 Å². The fourth-order valence-electron chi connectivity index (χ4n) is 2.76. The summed E-state index contributed by atoms with van der Waals surface area (Å²) in [5.74, 6) is 0. The van der Waals surface area contributed by atoms with Crippen LogP contribution in [0.2, 0.25) is 0 Å². The molecule has 1 aliphatic heterocycles. The molecule has 4 heteroatoms. The Kier molecular flexibility index (Phi) is 4.27. The fourth-order valence-corrected chi connectivity index (χ4v) is 2.76. The van der Waals surface area contributed by atoms with Gasteiger partial charge in [-0.15, -0.1) is 0 Å². The average Bonchev–Trinajstić information content (AvgIpc) is 2.79. The minimum Gasteiger partial charge on any atom is -0.367 e. The molecule has 0 aliphatic carbocycles. The van der Waals surface area contributed by atoms with Gasteiger partial charge in [0.2, 0.25) is 0 Å². The van der Waals surface area contributed by atoms with Crippen molar-refractivity contribution in [3.05, 3.63) is 12.4 Å². The molecule has 0 amide bonds. The Morgan fingerprint density at radius 3 is 2.72 bits per heavy atom. The van der Waals surface area contributed by atoms with Gasteiger partial charge in [0, 0.05) is 31.4 Å². The maximum absolute atomic E-state index is 4.39. The van der Waals surface area contributed by atoms with Gasteiger partial charge in [-0.25, -0.2) is 0 Å². The summed E-state index contributed by atoms with van der Waals surface area (Å²) in [4.78, 5) is 2.49. The first-order valence-electron chi connectivity index (χ1n) is 7.25. The van der Waals surface area contributed by atoms with Crippen molar-refractivity contribution in [1.29, 1.82) is 0 Å². The molecule has 1 aliphatic rings. The van der Waals surface area contributed by atoms with Crippen LogP contribution in [0, 0.1) is 0 Å². The first-order valence-corrected chi connectivity index (χ1v) is 7.25. The van der Waals surface area contributed by atoms with Gasteiger partial charge >= 0.3 is 0 Å². The molecule has 1 saturated heterocycles. The van der Waals surface area contributed by atoms with E-state index in [1.54, 1.807) is 0 Å². The lowest BCUT2D eigenvalue weighted by Gasteiger charge is -2.35. The predicted octanol–water partition coefficient (Wildman–Crippen LogP) is 2.26. The summed E-state index contributed by atoms with van der Waals surface area (Å²) in [5, 5.41) is 8.14. The number of aryl methyl sites for hydroxylation is 1. The second kappa shape index (κ2) is 5.74. The lowest BCUT2D eigenvalue weighted by molar-refractivity contribution is 0.321. The van der Waals surface area contributed by atoms with Crippen molar-refractivity contribution >= 4 is 5.69 Å². The lowest BCUT2D eigenvalue weighted by Crippen LogP contribution is -2.50. The lowest BCUT2D eigenvalue weighted by atomic mass is 9.92. The number of hydrogen-bond acceptors (Lipinski definition) is 3. The van der Waals surface area contributed by atoms with Gasteiger partial charge in [-0.3, -0.25) is 4.68 Å². The fraction of sp³-hybridized carbons (Fsp3) is 0.786. The molecule has 102 valence electrons. The van der Waals surface area contributed by atoms with Gasteiger partial charge < -0.3 is 10.2 Å². The molecule has 1 aromatic heterocycles. The molecule has 0 saturated carbocycles. The molecule has 0 spiro atoms. The zero-order valence-corrected chi connectivity index (χ0v) is 11.9. The van der Waals surface area contributed by atoms with Crippen molar-refractivity contribution < 1.29 is 0 Å². The van der Waals surface area contributed by atoms with Gasteiger partial charge in [0.15, 0.2) is 0 Å². The highest BCUT2D eigenvalue weighted by Crippen LogP contribution is 2.24. The molecule has 2 heterocycles. The quantitative estimate of drug-likeness (QED) is 0.890. The van der Waals surface area contributed by atoms with Crippen molar-refractivity contribution in [2.24, 2.45) is 0 Å². The smallest absolute Gasteiger partial charge is 0.0753 e. The van der Waals surface area contributed by atoms with Crippen molar-refractivity contribution in [3.63, 3.8) is 0 Å². The molecule has 18 heavy (non-hydrogen) atoms. The Morgan fingerprint density at radius 2 is 2.11 bits per heavy atom. The highest BCUT2D eigenvalue weighted by atomic mass is 15.3. The summed E-state index contributed by atoms with van der Waals surface area (Å²) in [6, 6.07) is 0. The zero-order chi connectivity index (χ0) is 13.0. The van der Waals surface area contributed by atoms with Crippen LogP contribution in [0.3, 0.4) is 0 Å². The summed E-state index contributed by atoms with van der Waals surface area (Å²) in [7, 11) is 0. The van der Waals surface area contributed by atoms with Crippen LogP contribution in [0.15, 0.2) is 12.4 Å². The number of anilines is 1. The number of nitrogens with one attached hydrogen (secondary N) is 1.